The number of nitrogens with zero attached hydrogens (tertiary/aromatic N) is 1. The Morgan fingerprint density at radius 1 is 1.16 bits per heavy atom. The Bertz CT molecular complexity index is 769. The number of hydrogen-bond donors (Lipinski definition) is 4. The molecule has 4 N–H and O–H groups in total. The average molecular weight is 433 g/mol. The first-order valence-electron chi connectivity index (χ1n) is 11.0. The van der Waals surface area contributed by atoms with Crippen molar-refractivity contribution in [2.24, 2.45) is 11.3 Å². The van der Waals surface area contributed by atoms with E-state index in [1.54, 1.807) is 11.5 Å². The number of hydrogen-bond acceptors (Lipinski definition) is 4. The highest BCUT2D eigenvalue weighted by atomic mass is 16.5. The fraction of sp³-hybridized carbons (Fsp3) is 0.609. The van der Waals surface area contributed by atoms with E-state index in [0.717, 1.165) is 31.2 Å². The zero-order valence-electron chi connectivity index (χ0n) is 19.0. The fourth-order valence-corrected chi connectivity index (χ4v) is 3.97. The van der Waals surface area contributed by atoms with E-state index in [0.29, 0.717) is 18.2 Å². The maximum Gasteiger partial charge on any atom is 0.319 e. The first kappa shape index (κ1) is 24.7. The molecule has 8 nitrogen and oxygen atoms in total. The van der Waals surface area contributed by atoms with Crippen molar-refractivity contribution in [3.63, 3.8) is 0 Å². The summed E-state index contributed by atoms with van der Waals surface area (Å²) in [5.41, 5.74) is 2.67. The maximum atomic E-state index is 13.5. The number of rotatable bonds is 7. The quantitative estimate of drug-likeness (QED) is 0.391. The van der Waals surface area contributed by atoms with Crippen LogP contribution in [0.25, 0.3) is 0 Å². The highest BCUT2D eigenvalue weighted by Gasteiger charge is 2.37. The first-order valence-corrected chi connectivity index (χ1v) is 11.0. The van der Waals surface area contributed by atoms with Gasteiger partial charge in [-0.15, -0.1) is 0 Å². The number of carbonyl (C=O) groups excluding carboxylic acids is 3. The molecule has 1 aromatic carbocycles. The van der Waals surface area contributed by atoms with E-state index in [-0.39, 0.29) is 12.5 Å². The van der Waals surface area contributed by atoms with Crippen molar-refractivity contribution >= 4 is 23.5 Å². The van der Waals surface area contributed by atoms with Crippen LogP contribution in [0.2, 0.25) is 0 Å². The summed E-state index contributed by atoms with van der Waals surface area (Å²) in [6.07, 6.45) is 5.42. The summed E-state index contributed by atoms with van der Waals surface area (Å²) in [5, 5.41) is 14.6. The molecule has 1 unspecified atom stereocenters. The third-order valence-electron chi connectivity index (χ3n) is 5.64. The van der Waals surface area contributed by atoms with E-state index in [2.05, 4.69) is 10.6 Å². The molecule has 1 saturated carbocycles. The summed E-state index contributed by atoms with van der Waals surface area (Å²) in [4.78, 5) is 39.5. The molecule has 1 fully saturated rings. The Morgan fingerprint density at radius 3 is 2.42 bits per heavy atom. The van der Waals surface area contributed by atoms with Crippen molar-refractivity contribution in [2.45, 2.75) is 65.8 Å². The van der Waals surface area contributed by atoms with Gasteiger partial charge in [-0.2, -0.15) is 0 Å². The second kappa shape index (κ2) is 11.1. The zero-order valence-corrected chi connectivity index (χ0v) is 19.0. The van der Waals surface area contributed by atoms with Gasteiger partial charge < -0.3 is 15.5 Å². The van der Waals surface area contributed by atoms with Gasteiger partial charge in [0, 0.05) is 12.2 Å². The van der Waals surface area contributed by atoms with E-state index < -0.39 is 23.4 Å². The van der Waals surface area contributed by atoms with Crippen LogP contribution in [0, 0.1) is 18.3 Å². The summed E-state index contributed by atoms with van der Waals surface area (Å²) >= 11 is 0. The van der Waals surface area contributed by atoms with E-state index in [4.69, 9.17) is 5.21 Å². The Kier molecular flexibility index (Phi) is 8.86. The molecule has 0 saturated heterocycles. The van der Waals surface area contributed by atoms with E-state index in [1.165, 1.54) is 11.3 Å². The maximum absolute atomic E-state index is 13.5. The van der Waals surface area contributed by atoms with Crippen LogP contribution in [0.5, 0.6) is 0 Å². The Morgan fingerprint density at radius 2 is 1.84 bits per heavy atom. The Balaban J connectivity index is 2.16. The van der Waals surface area contributed by atoms with Gasteiger partial charge in [0.1, 0.15) is 12.6 Å². The molecular formula is C23H36N4O4. The van der Waals surface area contributed by atoms with Crippen LogP contribution >= 0.6 is 0 Å². The van der Waals surface area contributed by atoms with Crippen LogP contribution in [0.1, 0.15) is 58.4 Å². The van der Waals surface area contributed by atoms with Crippen molar-refractivity contribution < 1.29 is 19.6 Å². The lowest BCUT2D eigenvalue weighted by molar-refractivity contribution is -0.142. The molecule has 1 aliphatic carbocycles. The molecule has 1 atom stereocenters. The molecule has 172 valence electrons. The largest absolute Gasteiger partial charge is 0.331 e. The average Bonchev–Trinajstić information content (AvgIpc) is 2.71. The van der Waals surface area contributed by atoms with Gasteiger partial charge in [-0.1, -0.05) is 52.2 Å². The number of aryl methyl sites for hydroxylation is 1. The van der Waals surface area contributed by atoms with Crippen LogP contribution < -0.4 is 16.1 Å². The summed E-state index contributed by atoms with van der Waals surface area (Å²) in [7, 11) is 0. The van der Waals surface area contributed by atoms with Gasteiger partial charge in [0.2, 0.25) is 5.91 Å². The van der Waals surface area contributed by atoms with Crippen LogP contribution in [-0.4, -0.2) is 47.1 Å². The van der Waals surface area contributed by atoms with Crippen molar-refractivity contribution in [3.05, 3.63) is 29.8 Å². The molecule has 8 heteroatoms. The molecule has 0 aliphatic heterocycles. The van der Waals surface area contributed by atoms with Crippen molar-refractivity contribution in [1.29, 1.82) is 0 Å². The van der Waals surface area contributed by atoms with Crippen LogP contribution in [-0.2, 0) is 9.59 Å². The fourth-order valence-electron chi connectivity index (χ4n) is 3.97. The topological polar surface area (TPSA) is 111 Å². The molecule has 2 rings (SSSR count). The van der Waals surface area contributed by atoms with Gasteiger partial charge in [0.25, 0.3) is 5.91 Å². The molecule has 1 aromatic rings. The lowest BCUT2D eigenvalue weighted by Crippen LogP contribution is -2.57. The van der Waals surface area contributed by atoms with Gasteiger partial charge in [-0.3, -0.25) is 14.8 Å². The Hall–Kier alpha value is -2.61. The third-order valence-corrected chi connectivity index (χ3v) is 5.64. The third kappa shape index (κ3) is 7.86. The van der Waals surface area contributed by atoms with E-state index in [9.17, 15) is 14.4 Å². The number of benzene rings is 1. The number of hydroxylamine groups is 1. The zero-order chi connectivity index (χ0) is 23.0. The molecule has 31 heavy (non-hydrogen) atoms. The van der Waals surface area contributed by atoms with Crippen LogP contribution in [0.3, 0.4) is 0 Å². The summed E-state index contributed by atoms with van der Waals surface area (Å²) < 4.78 is 0. The number of anilines is 1. The highest BCUT2D eigenvalue weighted by Crippen LogP contribution is 2.26. The molecule has 0 heterocycles. The van der Waals surface area contributed by atoms with Crippen LogP contribution in [0.15, 0.2) is 24.3 Å². The van der Waals surface area contributed by atoms with E-state index in [1.807, 2.05) is 45.9 Å². The van der Waals surface area contributed by atoms with Gasteiger partial charge in [-0.05, 0) is 48.8 Å². The van der Waals surface area contributed by atoms with Gasteiger partial charge in [0.15, 0.2) is 0 Å². The van der Waals surface area contributed by atoms with Crippen molar-refractivity contribution in [2.75, 3.05) is 18.4 Å². The molecule has 4 amide bonds. The summed E-state index contributed by atoms with van der Waals surface area (Å²) in [6, 6.07) is 6.07. The lowest BCUT2D eigenvalue weighted by atomic mass is 9.84. The molecule has 1 aliphatic rings. The van der Waals surface area contributed by atoms with Gasteiger partial charge in [0.05, 0.1) is 0 Å². The van der Waals surface area contributed by atoms with Crippen molar-refractivity contribution in [3.8, 4) is 0 Å². The van der Waals surface area contributed by atoms with E-state index >= 15 is 0 Å². The molecule has 0 spiro atoms. The number of urea groups is 1. The van der Waals surface area contributed by atoms with Crippen molar-refractivity contribution in [1.82, 2.24) is 15.7 Å². The smallest absolute Gasteiger partial charge is 0.319 e. The van der Waals surface area contributed by atoms with Gasteiger partial charge in [-0.25, -0.2) is 10.3 Å². The second-order valence-corrected chi connectivity index (χ2v) is 9.52. The predicted molar refractivity (Wildman–Crippen MR) is 120 cm³/mol. The number of carbonyl (C=O) groups is 3. The number of amides is 4. The lowest BCUT2D eigenvalue weighted by Gasteiger charge is -2.36. The molecule has 0 aromatic heterocycles. The SMILES string of the molecule is Cc1cccc(NC(=O)NC(C(=O)N(CC(=O)NO)CC2CCCCC2)C(C)(C)C)c1. The minimum absolute atomic E-state index is 0.250. The minimum Gasteiger partial charge on any atom is -0.331 e. The number of nitrogens with one attached hydrogen (secondary N) is 3. The molecule has 0 radical (unpaired) electrons. The standard InChI is InChI=1S/C23H36N4O4/c1-16-9-8-12-18(13-16)24-22(30)25-20(23(2,3)4)21(29)27(15-19(28)26-31)14-17-10-6-5-7-11-17/h8-9,12-13,17,20,31H,5-7,10-11,14-15H2,1-4H3,(H,26,28)(H2,24,25,30). The predicted octanol–water partition coefficient (Wildman–Crippen LogP) is 3.45. The van der Waals surface area contributed by atoms with Gasteiger partial charge >= 0.3 is 6.03 Å². The minimum atomic E-state index is -0.840. The summed E-state index contributed by atoms with van der Waals surface area (Å²) in [6.45, 7) is 7.72. The summed E-state index contributed by atoms with van der Waals surface area (Å²) in [5.74, 6) is -0.673. The first-order chi connectivity index (χ1) is 14.6. The molecular weight excluding hydrogens is 396 g/mol. The monoisotopic (exact) mass is 432 g/mol. The normalized spacial score (nSPS) is 15.6. The highest BCUT2D eigenvalue weighted by molar-refractivity contribution is 5.95. The molecule has 0 bridgehead atoms. The second-order valence-electron chi connectivity index (χ2n) is 9.52. The van der Waals surface area contributed by atoms with Crippen LogP contribution in [0.4, 0.5) is 10.5 Å². The Labute approximate surface area is 184 Å².